The molecule has 0 radical (unpaired) electrons. The van der Waals surface area contributed by atoms with Gasteiger partial charge in [0.1, 0.15) is 0 Å². The van der Waals surface area contributed by atoms with Crippen molar-refractivity contribution in [2.45, 2.75) is 49.5 Å². The predicted octanol–water partition coefficient (Wildman–Crippen LogP) is 6.07. The molecule has 1 spiro atoms. The Kier molecular flexibility index (Phi) is 4.68. The van der Waals surface area contributed by atoms with Crippen molar-refractivity contribution in [2.24, 2.45) is 5.92 Å². The fourth-order valence-corrected chi connectivity index (χ4v) is 6.35. The van der Waals surface area contributed by atoms with Crippen molar-refractivity contribution < 1.29 is 0 Å². The van der Waals surface area contributed by atoms with Gasteiger partial charge in [0.15, 0.2) is 0 Å². The van der Waals surface area contributed by atoms with Gasteiger partial charge < -0.3 is 0 Å². The van der Waals surface area contributed by atoms with Gasteiger partial charge in [-0.2, -0.15) is 5.26 Å². The van der Waals surface area contributed by atoms with E-state index in [-0.39, 0.29) is 10.8 Å². The van der Waals surface area contributed by atoms with E-state index in [2.05, 4.69) is 94.5 Å². The van der Waals surface area contributed by atoms with E-state index in [1.54, 1.807) is 0 Å². The third-order valence-corrected chi connectivity index (χ3v) is 8.37. The molecule has 0 aromatic heterocycles. The van der Waals surface area contributed by atoms with E-state index in [0.717, 1.165) is 36.8 Å². The molecule has 1 saturated heterocycles. The summed E-state index contributed by atoms with van der Waals surface area (Å²) < 4.78 is 1.07. The summed E-state index contributed by atoms with van der Waals surface area (Å²) in [5.74, 6) is 0.584. The van der Waals surface area contributed by atoms with Gasteiger partial charge in [0.25, 0.3) is 0 Å². The van der Waals surface area contributed by atoms with Crippen LogP contribution in [0.25, 0.3) is 6.08 Å². The number of hydrogen-bond donors (Lipinski definition) is 0. The molecule has 3 aliphatic rings. The van der Waals surface area contributed by atoms with Crippen LogP contribution in [0.2, 0.25) is 0 Å². The summed E-state index contributed by atoms with van der Waals surface area (Å²) in [5, 5.41) is 10.1. The fraction of sp³-hybridized carbons (Fsp3) is 0.423. The summed E-state index contributed by atoms with van der Waals surface area (Å²) in [6.45, 7) is 4.65. The fourth-order valence-electron chi connectivity index (χ4n) is 6.08. The third kappa shape index (κ3) is 3.00. The predicted molar refractivity (Wildman–Crippen MR) is 122 cm³/mol. The summed E-state index contributed by atoms with van der Waals surface area (Å²) in [6.07, 6.45) is 9.01. The van der Waals surface area contributed by atoms with Gasteiger partial charge in [-0.25, -0.2) is 0 Å². The normalized spacial score (nSPS) is 33.7. The van der Waals surface area contributed by atoms with Crippen LogP contribution in [-0.4, -0.2) is 24.0 Å². The van der Waals surface area contributed by atoms with Crippen LogP contribution in [-0.2, 0) is 10.8 Å². The van der Waals surface area contributed by atoms with Crippen molar-refractivity contribution >= 4 is 22.0 Å². The molecule has 5 rings (SSSR count). The molecule has 2 nitrogen and oxygen atoms in total. The lowest BCUT2D eigenvalue weighted by atomic mass is 9.67. The quantitative estimate of drug-likeness (QED) is 0.559. The monoisotopic (exact) mass is 446 g/mol. The molecule has 1 heterocycles. The maximum Gasteiger partial charge on any atom is 0.0837 e. The number of piperidine rings is 1. The number of hydrogen-bond acceptors (Lipinski definition) is 2. The number of halogens is 1. The average molecular weight is 447 g/mol. The second-order valence-corrected chi connectivity index (χ2v) is 10.1. The molecule has 2 aromatic rings. The second-order valence-electron chi connectivity index (χ2n) is 9.20. The molecule has 3 heteroatoms. The van der Waals surface area contributed by atoms with Crippen LogP contribution >= 0.6 is 15.9 Å². The van der Waals surface area contributed by atoms with Crippen molar-refractivity contribution in [1.29, 1.82) is 5.26 Å². The van der Waals surface area contributed by atoms with Crippen LogP contribution in [0.3, 0.4) is 0 Å². The molecule has 2 aromatic carbocycles. The largest absolute Gasteiger partial charge is 0.300 e. The highest BCUT2D eigenvalue weighted by Gasteiger charge is 2.48. The SMILES string of the molecule is C[C@H]1CN(C2CCC(C#N)(c3ccc(Br)cc3)C2)CCC12C=Cc1ccccc12. The molecule has 2 fully saturated rings. The van der Waals surface area contributed by atoms with Crippen LogP contribution in [0.1, 0.15) is 49.3 Å². The maximum atomic E-state index is 10.1. The van der Waals surface area contributed by atoms with Gasteiger partial charge in [0, 0.05) is 22.5 Å². The Morgan fingerprint density at radius 2 is 1.90 bits per heavy atom. The van der Waals surface area contributed by atoms with E-state index in [1.165, 1.54) is 23.1 Å². The van der Waals surface area contributed by atoms with Gasteiger partial charge in [0.05, 0.1) is 11.5 Å². The number of benzene rings is 2. The number of nitriles is 1. The van der Waals surface area contributed by atoms with E-state index in [9.17, 15) is 5.26 Å². The Morgan fingerprint density at radius 3 is 2.66 bits per heavy atom. The first-order valence-corrected chi connectivity index (χ1v) is 11.6. The standard InChI is InChI=1S/C26H27BrN2/c1-19-17-29(15-14-26(19)13-10-20-4-2-3-5-24(20)26)23-11-12-25(16-23,18-28)21-6-8-22(27)9-7-21/h2-10,13,19,23H,11-12,14-17H2,1H3/t19-,23?,25?,26?/m0/s1. The van der Waals surface area contributed by atoms with Gasteiger partial charge >= 0.3 is 0 Å². The molecule has 4 atom stereocenters. The van der Waals surface area contributed by atoms with Crippen LogP contribution in [0.5, 0.6) is 0 Å². The van der Waals surface area contributed by atoms with Crippen LogP contribution in [0, 0.1) is 17.2 Å². The van der Waals surface area contributed by atoms with Gasteiger partial charge in [-0.1, -0.05) is 71.4 Å². The first kappa shape index (κ1) is 19.1. The lowest BCUT2D eigenvalue weighted by Crippen LogP contribution is -2.50. The minimum Gasteiger partial charge on any atom is -0.300 e. The Bertz CT molecular complexity index is 989. The number of nitrogens with zero attached hydrogens (tertiary/aromatic N) is 2. The van der Waals surface area contributed by atoms with E-state index in [0.29, 0.717) is 12.0 Å². The minimum atomic E-state index is -0.330. The molecular weight excluding hydrogens is 420 g/mol. The highest BCUT2D eigenvalue weighted by molar-refractivity contribution is 9.10. The summed E-state index contributed by atoms with van der Waals surface area (Å²) in [6, 6.07) is 20.5. The molecular formula is C26H27BrN2. The third-order valence-electron chi connectivity index (χ3n) is 7.84. The zero-order valence-corrected chi connectivity index (χ0v) is 18.5. The molecule has 148 valence electrons. The molecule has 0 amide bonds. The van der Waals surface area contributed by atoms with Gasteiger partial charge in [-0.05, 0) is 67.0 Å². The zero-order valence-electron chi connectivity index (χ0n) is 16.9. The zero-order chi connectivity index (χ0) is 20.1. The summed E-state index contributed by atoms with van der Waals surface area (Å²) in [5.41, 5.74) is 3.96. The molecule has 3 unspecified atom stereocenters. The summed E-state index contributed by atoms with van der Waals surface area (Å²) in [4.78, 5) is 2.68. The highest BCUT2D eigenvalue weighted by atomic mass is 79.9. The number of likely N-dealkylation sites (tertiary alicyclic amines) is 1. The van der Waals surface area contributed by atoms with Crippen molar-refractivity contribution in [3.63, 3.8) is 0 Å². The van der Waals surface area contributed by atoms with Crippen LogP contribution in [0.15, 0.2) is 59.1 Å². The Balaban J connectivity index is 1.34. The van der Waals surface area contributed by atoms with Crippen LogP contribution < -0.4 is 0 Å². The Morgan fingerprint density at radius 1 is 1.10 bits per heavy atom. The van der Waals surface area contributed by atoms with Crippen molar-refractivity contribution in [1.82, 2.24) is 4.90 Å². The summed E-state index contributed by atoms with van der Waals surface area (Å²) >= 11 is 3.52. The van der Waals surface area contributed by atoms with E-state index in [1.807, 2.05) is 0 Å². The van der Waals surface area contributed by atoms with Crippen molar-refractivity contribution in [3.05, 3.63) is 75.8 Å². The molecule has 2 aliphatic carbocycles. The highest BCUT2D eigenvalue weighted by Crippen LogP contribution is 2.49. The molecule has 1 aliphatic heterocycles. The molecule has 0 N–H and O–H groups in total. The molecule has 29 heavy (non-hydrogen) atoms. The number of allylic oxidation sites excluding steroid dienone is 1. The van der Waals surface area contributed by atoms with Gasteiger partial charge in [-0.15, -0.1) is 0 Å². The second kappa shape index (κ2) is 7.11. The van der Waals surface area contributed by atoms with E-state index >= 15 is 0 Å². The van der Waals surface area contributed by atoms with Gasteiger partial charge in [-0.3, -0.25) is 4.90 Å². The topological polar surface area (TPSA) is 27.0 Å². The first-order chi connectivity index (χ1) is 14.1. The molecule has 0 bridgehead atoms. The number of rotatable bonds is 2. The smallest absolute Gasteiger partial charge is 0.0837 e. The Hall–Kier alpha value is -1.89. The lowest BCUT2D eigenvalue weighted by molar-refractivity contribution is 0.0887. The summed E-state index contributed by atoms with van der Waals surface area (Å²) in [7, 11) is 0. The maximum absolute atomic E-state index is 10.1. The minimum absolute atomic E-state index is 0.198. The van der Waals surface area contributed by atoms with Crippen LogP contribution in [0.4, 0.5) is 0 Å². The van der Waals surface area contributed by atoms with Gasteiger partial charge in [0.2, 0.25) is 0 Å². The van der Waals surface area contributed by atoms with Crippen molar-refractivity contribution in [3.8, 4) is 6.07 Å². The average Bonchev–Trinajstić information content (AvgIpc) is 3.35. The molecule has 1 saturated carbocycles. The lowest BCUT2D eigenvalue weighted by Gasteiger charge is -2.46. The van der Waals surface area contributed by atoms with E-state index in [4.69, 9.17) is 0 Å². The van der Waals surface area contributed by atoms with Crippen molar-refractivity contribution in [2.75, 3.05) is 13.1 Å². The number of fused-ring (bicyclic) bond motifs is 2. The Labute approximate surface area is 182 Å². The van der Waals surface area contributed by atoms with E-state index < -0.39 is 0 Å². The first-order valence-electron chi connectivity index (χ1n) is 10.8.